The molecule has 1 N–H and O–H groups in total. The van der Waals surface area contributed by atoms with Crippen molar-refractivity contribution in [3.05, 3.63) is 35.4 Å². The Morgan fingerprint density at radius 3 is 2.62 bits per heavy atom. The summed E-state index contributed by atoms with van der Waals surface area (Å²) in [4.78, 5) is 14.5. The molecule has 0 spiro atoms. The van der Waals surface area contributed by atoms with Crippen LogP contribution >= 0.6 is 0 Å². The maximum absolute atomic E-state index is 10.8. The molecule has 0 aliphatic carbocycles. The Balaban J connectivity index is 2.75. The van der Waals surface area contributed by atoms with Crippen LogP contribution in [0.5, 0.6) is 0 Å². The van der Waals surface area contributed by atoms with Crippen LogP contribution in [0.4, 0.5) is 0 Å². The molecule has 0 aliphatic rings. The van der Waals surface area contributed by atoms with Crippen LogP contribution in [-0.2, 0) is 15.9 Å². The fraction of sp³-hybridized carbons (Fsp3) is 0.273. The van der Waals surface area contributed by atoms with Crippen LogP contribution in [0.3, 0.4) is 0 Å². The van der Waals surface area contributed by atoms with Crippen LogP contribution < -0.4 is 0 Å². The fourth-order valence-electron chi connectivity index (χ4n) is 1.29. The normalized spacial score (nSPS) is 12.3. The molecule has 0 bridgehead atoms. The Morgan fingerprint density at radius 2 is 2.12 bits per heavy atom. The van der Waals surface area contributed by atoms with Crippen molar-refractivity contribution in [3.63, 3.8) is 0 Å². The number of aliphatic carboxylic acids is 1. The molecule has 0 amide bonds. The van der Waals surface area contributed by atoms with Gasteiger partial charge in [-0.2, -0.15) is 0 Å². The van der Waals surface area contributed by atoms with E-state index in [1.54, 1.807) is 0 Å². The number of nitrogens with zero attached hydrogens (tertiary/aromatic N) is 1. The molecule has 0 saturated heterocycles. The van der Waals surface area contributed by atoms with Crippen LogP contribution in [0.15, 0.2) is 29.3 Å². The maximum atomic E-state index is 10.8. The number of aryl methyl sites for hydroxylation is 1. The van der Waals surface area contributed by atoms with E-state index in [2.05, 4.69) is 4.99 Å². The second-order valence-corrected chi connectivity index (χ2v) is 3.48. The van der Waals surface area contributed by atoms with Gasteiger partial charge in [0.2, 0.25) is 0 Å². The third kappa shape index (κ3) is 3.77. The van der Waals surface area contributed by atoms with E-state index in [0.717, 1.165) is 17.2 Å². The monoisotopic (exact) mass is 217 g/mol. The van der Waals surface area contributed by atoms with Crippen molar-refractivity contribution in [2.75, 3.05) is 0 Å². The second-order valence-electron chi connectivity index (χ2n) is 3.48. The first-order chi connectivity index (χ1) is 7.63. The molecule has 0 unspecified atom stereocenters. The molecule has 5 heteroatoms. The molecule has 1 aromatic carbocycles. The van der Waals surface area contributed by atoms with Crippen LogP contribution in [0.25, 0.3) is 0 Å². The minimum atomic E-state index is -1.03. The summed E-state index contributed by atoms with van der Waals surface area (Å²) in [6.45, 7) is 1.96. The first-order valence-electron chi connectivity index (χ1n) is 4.89. The molecule has 4 nitrogen and oxygen atoms in total. The molecule has 0 aromatic heterocycles. The van der Waals surface area contributed by atoms with E-state index in [-0.39, 0.29) is 0 Å². The van der Waals surface area contributed by atoms with Gasteiger partial charge in [-0.3, -0.25) is 0 Å². The Bertz CT molecular complexity index is 400. The zero-order chi connectivity index (χ0) is 12.0. The van der Waals surface area contributed by atoms with Crippen molar-refractivity contribution >= 4 is 19.2 Å². The Kier molecular flexibility index (Phi) is 4.57. The van der Waals surface area contributed by atoms with Crippen LogP contribution in [0.2, 0.25) is 0 Å². The fourth-order valence-corrected chi connectivity index (χ4v) is 1.29. The van der Waals surface area contributed by atoms with Crippen molar-refractivity contribution in [1.82, 2.24) is 0 Å². The summed E-state index contributed by atoms with van der Waals surface area (Å²) in [5, 5.41) is 8.89. The van der Waals surface area contributed by atoms with Gasteiger partial charge in [-0.05, 0) is 0 Å². The van der Waals surface area contributed by atoms with Crippen molar-refractivity contribution in [2.45, 2.75) is 19.4 Å². The number of benzene rings is 1. The number of carbonyl (C=O) groups is 1. The number of hydrogen-bond acceptors (Lipinski definition) is 3. The first-order valence-corrected chi connectivity index (χ1v) is 4.89. The van der Waals surface area contributed by atoms with E-state index >= 15 is 0 Å². The van der Waals surface area contributed by atoms with Crippen LogP contribution in [-0.4, -0.2) is 30.4 Å². The van der Waals surface area contributed by atoms with Gasteiger partial charge < -0.3 is 0 Å². The van der Waals surface area contributed by atoms with Crippen molar-refractivity contribution in [3.8, 4) is 0 Å². The summed E-state index contributed by atoms with van der Waals surface area (Å²) in [6.07, 6.45) is 1.27. The van der Waals surface area contributed by atoms with Gasteiger partial charge >= 0.3 is 93.6 Å². The predicted molar refractivity (Wildman–Crippen MR) is 61.2 cm³/mol. The topological polar surface area (TPSA) is 66.7 Å². The second kappa shape index (κ2) is 5.95. The van der Waals surface area contributed by atoms with Gasteiger partial charge in [0.05, 0.1) is 0 Å². The van der Waals surface area contributed by atoms with Crippen LogP contribution in [0, 0.1) is 6.92 Å². The van der Waals surface area contributed by atoms with Gasteiger partial charge in [-0.1, -0.05) is 0 Å². The van der Waals surface area contributed by atoms with E-state index in [4.69, 9.17) is 5.11 Å². The third-order valence-corrected chi connectivity index (χ3v) is 2.16. The first kappa shape index (κ1) is 12.3. The van der Waals surface area contributed by atoms with E-state index < -0.39 is 12.0 Å². The summed E-state index contributed by atoms with van der Waals surface area (Å²) in [5.74, 6) is -1.03. The molecule has 0 saturated carbocycles. The zero-order valence-corrected chi connectivity index (χ0v) is 8.96. The summed E-state index contributed by atoms with van der Waals surface area (Å²) in [7, 11) is 0.477. The van der Waals surface area contributed by atoms with Gasteiger partial charge in [0, 0.05) is 0 Å². The molecule has 16 heavy (non-hydrogen) atoms. The number of aliphatic imine (C=N–C) groups is 1. The minimum absolute atomic E-state index is 0.292. The zero-order valence-electron chi connectivity index (χ0n) is 8.96. The molecule has 0 heterocycles. The molecule has 0 radical (unpaired) electrons. The number of carboxylic acid groups (broad SMARTS) is 1. The average molecular weight is 217 g/mol. The molecule has 1 aromatic rings. The third-order valence-electron chi connectivity index (χ3n) is 2.16. The Hall–Kier alpha value is -1.78. The molecular formula is C11H12BNO3. The summed E-state index contributed by atoms with van der Waals surface area (Å²) < 4.78 is 10.1. The van der Waals surface area contributed by atoms with Gasteiger partial charge in [-0.25, -0.2) is 0 Å². The average Bonchev–Trinajstić information content (AvgIpc) is 2.26. The van der Waals surface area contributed by atoms with E-state index in [0.29, 0.717) is 13.6 Å². The number of carboxylic acids is 1. The summed E-state index contributed by atoms with van der Waals surface area (Å²) >= 11 is 0. The Morgan fingerprint density at radius 1 is 1.50 bits per heavy atom. The van der Waals surface area contributed by atoms with E-state index in [1.165, 1.54) is 0 Å². The molecule has 0 fully saturated rings. The molecular weight excluding hydrogens is 205 g/mol. The van der Waals surface area contributed by atoms with E-state index in [9.17, 15) is 9.50 Å². The Labute approximate surface area is 94.3 Å². The molecule has 82 valence electrons. The SMILES string of the molecule is Cc1ccc(C[C@H](/N=C\B=O)C(=O)O)cc1. The quantitative estimate of drug-likeness (QED) is 0.592. The van der Waals surface area contributed by atoms with Crippen molar-refractivity contribution < 1.29 is 14.6 Å². The van der Waals surface area contributed by atoms with Crippen molar-refractivity contribution in [1.29, 1.82) is 0 Å². The predicted octanol–water partition coefficient (Wildman–Crippen LogP) is 1.07. The van der Waals surface area contributed by atoms with Crippen molar-refractivity contribution in [2.24, 2.45) is 4.99 Å². The van der Waals surface area contributed by atoms with Gasteiger partial charge in [0.1, 0.15) is 0 Å². The van der Waals surface area contributed by atoms with E-state index in [1.807, 2.05) is 31.2 Å². The summed E-state index contributed by atoms with van der Waals surface area (Å²) in [5.41, 5.74) is 2.01. The van der Waals surface area contributed by atoms with Crippen LogP contribution in [0.1, 0.15) is 11.1 Å². The molecule has 1 atom stereocenters. The molecule has 0 aliphatic heterocycles. The van der Waals surface area contributed by atoms with Gasteiger partial charge in [0.15, 0.2) is 0 Å². The number of rotatable bonds is 5. The van der Waals surface area contributed by atoms with Gasteiger partial charge in [0.25, 0.3) is 0 Å². The summed E-state index contributed by atoms with van der Waals surface area (Å²) in [6, 6.07) is 6.66. The standard InChI is InChI=1S/C11H12BNO3/c1-8-2-4-9(5-3-8)6-10(11(14)15)13-7-12-16/h2-5,7,10H,6H2,1H3,(H,14,15)/b13-7-/t10-/m0/s1. The van der Waals surface area contributed by atoms with Gasteiger partial charge in [-0.15, -0.1) is 0 Å². The molecule has 1 rings (SSSR count). The number of hydrogen-bond donors (Lipinski definition) is 1.